The van der Waals surface area contributed by atoms with Gasteiger partial charge in [-0.25, -0.2) is 0 Å². The first kappa shape index (κ1) is 15.3. The fraction of sp³-hybridized carbons (Fsp3) is 0.867. The number of likely N-dealkylation sites (tertiary alicyclic amines) is 1. The largest absolute Gasteiger partial charge is 0.481 e. The normalized spacial score (nSPS) is 30.4. The van der Waals surface area contributed by atoms with Gasteiger partial charge in [0.2, 0.25) is 5.91 Å². The summed E-state index contributed by atoms with van der Waals surface area (Å²) in [4.78, 5) is 24.8. The van der Waals surface area contributed by atoms with Gasteiger partial charge in [0, 0.05) is 31.6 Å². The second kappa shape index (κ2) is 7.07. The highest BCUT2D eigenvalue weighted by molar-refractivity contribution is 5.76. The number of carbonyl (C=O) groups is 2. The van der Waals surface area contributed by atoms with Crippen LogP contribution in [-0.2, 0) is 9.59 Å². The maximum atomic E-state index is 11.8. The molecule has 20 heavy (non-hydrogen) atoms. The Morgan fingerprint density at radius 2 is 1.90 bits per heavy atom. The first-order valence-corrected chi connectivity index (χ1v) is 7.87. The quantitative estimate of drug-likeness (QED) is 0.804. The number of nitrogens with one attached hydrogen (secondary N) is 1. The van der Waals surface area contributed by atoms with Gasteiger partial charge < -0.3 is 15.3 Å². The Balaban J connectivity index is 1.73. The lowest BCUT2D eigenvalue weighted by atomic mass is 9.86. The van der Waals surface area contributed by atoms with Gasteiger partial charge in [0.25, 0.3) is 0 Å². The molecule has 2 aliphatic rings. The van der Waals surface area contributed by atoms with Crippen LogP contribution < -0.4 is 5.32 Å². The van der Waals surface area contributed by atoms with E-state index in [1.807, 2.05) is 11.8 Å². The molecular weight excluding hydrogens is 256 g/mol. The van der Waals surface area contributed by atoms with Crippen LogP contribution in [0.1, 0.15) is 51.9 Å². The van der Waals surface area contributed by atoms with Gasteiger partial charge in [0.05, 0.1) is 5.92 Å². The number of hydrogen-bond acceptors (Lipinski definition) is 3. The highest BCUT2D eigenvalue weighted by Gasteiger charge is 2.30. The summed E-state index contributed by atoms with van der Waals surface area (Å²) in [6, 6.07) is 0.754. The number of hydrogen-bond donors (Lipinski definition) is 2. The molecule has 0 spiro atoms. The molecule has 5 heteroatoms. The van der Waals surface area contributed by atoms with Crippen molar-refractivity contribution in [3.8, 4) is 0 Å². The molecule has 5 nitrogen and oxygen atoms in total. The van der Waals surface area contributed by atoms with E-state index < -0.39 is 5.97 Å². The Labute approximate surface area is 120 Å². The molecule has 1 heterocycles. The van der Waals surface area contributed by atoms with Gasteiger partial charge in [0.1, 0.15) is 0 Å². The van der Waals surface area contributed by atoms with Crippen molar-refractivity contribution in [2.75, 3.05) is 13.1 Å². The van der Waals surface area contributed by atoms with Gasteiger partial charge in [-0.05, 0) is 38.5 Å². The van der Waals surface area contributed by atoms with E-state index >= 15 is 0 Å². The zero-order chi connectivity index (χ0) is 14.5. The summed E-state index contributed by atoms with van der Waals surface area (Å²) in [5.74, 6) is -0.555. The summed E-state index contributed by atoms with van der Waals surface area (Å²) < 4.78 is 0. The number of carboxylic acids is 1. The van der Waals surface area contributed by atoms with Crippen LogP contribution in [0, 0.1) is 5.92 Å². The second-order valence-corrected chi connectivity index (χ2v) is 6.03. The molecule has 0 aromatic heterocycles. The van der Waals surface area contributed by atoms with Gasteiger partial charge in [0.15, 0.2) is 0 Å². The summed E-state index contributed by atoms with van der Waals surface area (Å²) in [5.41, 5.74) is 0. The van der Waals surface area contributed by atoms with E-state index in [9.17, 15) is 9.59 Å². The molecule has 0 radical (unpaired) electrons. The molecule has 1 atom stereocenters. The number of carbonyl (C=O) groups excluding carboxylic acids is 1. The minimum absolute atomic E-state index is 0.155. The van der Waals surface area contributed by atoms with Crippen molar-refractivity contribution in [2.45, 2.75) is 64.0 Å². The SMILES string of the molecule is CCC(=O)N1CCCC1CNC1CCC(C(=O)O)CC1. The van der Waals surface area contributed by atoms with Crippen LogP contribution in [0.15, 0.2) is 0 Å². The maximum Gasteiger partial charge on any atom is 0.306 e. The van der Waals surface area contributed by atoms with Gasteiger partial charge in [-0.15, -0.1) is 0 Å². The van der Waals surface area contributed by atoms with Crippen molar-refractivity contribution in [1.29, 1.82) is 0 Å². The summed E-state index contributed by atoms with van der Waals surface area (Å²) in [6.07, 6.45) is 6.19. The lowest BCUT2D eigenvalue weighted by molar-refractivity contribution is -0.143. The highest BCUT2D eigenvalue weighted by Crippen LogP contribution is 2.25. The molecule has 1 amide bonds. The molecular formula is C15H26N2O3. The van der Waals surface area contributed by atoms with Gasteiger partial charge in [-0.2, -0.15) is 0 Å². The minimum Gasteiger partial charge on any atom is -0.481 e. The highest BCUT2D eigenvalue weighted by atomic mass is 16.4. The maximum absolute atomic E-state index is 11.8. The van der Waals surface area contributed by atoms with Crippen LogP contribution in [0.25, 0.3) is 0 Å². The van der Waals surface area contributed by atoms with Crippen molar-refractivity contribution in [3.05, 3.63) is 0 Å². The molecule has 0 aromatic carbocycles. The predicted octanol–water partition coefficient (Wildman–Crippen LogP) is 1.62. The monoisotopic (exact) mass is 282 g/mol. The average Bonchev–Trinajstić information content (AvgIpc) is 2.93. The molecule has 1 aliphatic heterocycles. The van der Waals surface area contributed by atoms with Crippen LogP contribution in [0.3, 0.4) is 0 Å². The first-order chi connectivity index (χ1) is 9.61. The van der Waals surface area contributed by atoms with E-state index in [-0.39, 0.29) is 11.8 Å². The molecule has 2 rings (SSSR count). The van der Waals surface area contributed by atoms with E-state index in [4.69, 9.17) is 5.11 Å². The van der Waals surface area contributed by atoms with E-state index in [0.717, 1.165) is 51.6 Å². The zero-order valence-corrected chi connectivity index (χ0v) is 12.3. The lowest BCUT2D eigenvalue weighted by Gasteiger charge is -2.30. The average molecular weight is 282 g/mol. The molecule has 1 saturated heterocycles. The molecule has 1 aliphatic carbocycles. The van der Waals surface area contributed by atoms with E-state index in [0.29, 0.717) is 18.5 Å². The second-order valence-electron chi connectivity index (χ2n) is 6.03. The van der Waals surface area contributed by atoms with Gasteiger partial charge in [-0.1, -0.05) is 6.92 Å². The third kappa shape index (κ3) is 3.72. The first-order valence-electron chi connectivity index (χ1n) is 7.87. The number of amides is 1. The number of rotatable bonds is 5. The predicted molar refractivity (Wildman–Crippen MR) is 76.4 cm³/mol. The number of aliphatic carboxylic acids is 1. The van der Waals surface area contributed by atoms with Crippen molar-refractivity contribution in [2.24, 2.45) is 5.92 Å². The minimum atomic E-state index is -0.654. The van der Waals surface area contributed by atoms with E-state index in [1.165, 1.54) is 0 Å². The smallest absolute Gasteiger partial charge is 0.306 e. The van der Waals surface area contributed by atoms with Crippen LogP contribution in [-0.4, -0.2) is 47.1 Å². The Morgan fingerprint density at radius 3 is 2.50 bits per heavy atom. The fourth-order valence-corrected chi connectivity index (χ4v) is 3.43. The zero-order valence-electron chi connectivity index (χ0n) is 12.3. The molecule has 1 unspecified atom stereocenters. The summed E-state index contributed by atoms with van der Waals surface area (Å²) in [6.45, 7) is 3.66. The fourth-order valence-electron chi connectivity index (χ4n) is 3.43. The van der Waals surface area contributed by atoms with Gasteiger partial charge >= 0.3 is 5.97 Å². The molecule has 0 bridgehead atoms. The standard InChI is InChI=1S/C15H26N2O3/c1-2-14(18)17-9-3-4-13(17)10-16-12-7-5-11(6-8-12)15(19)20/h11-13,16H,2-10H2,1H3,(H,19,20). The molecule has 1 saturated carbocycles. The summed E-state index contributed by atoms with van der Waals surface area (Å²) in [7, 11) is 0. The lowest BCUT2D eigenvalue weighted by Crippen LogP contribution is -2.45. The molecule has 2 N–H and O–H groups in total. The van der Waals surface area contributed by atoms with E-state index in [2.05, 4.69) is 5.32 Å². The van der Waals surface area contributed by atoms with Crippen molar-refractivity contribution >= 4 is 11.9 Å². The van der Waals surface area contributed by atoms with Crippen molar-refractivity contribution < 1.29 is 14.7 Å². The molecule has 2 fully saturated rings. The Kier molecular flexibility index (Phi) is 5.40. The summed E-state index contributed by atoms with van der Waals surface area (Å²) >= 11 is 0. The van der Waals surface area contributed by atoms with E-state index in [1.54, 1.807) is 0 Å². The number of nitrogens with zero attached hydrogens (tertiary/aromatic N) is 1. The van der Waals surface area contributed by atoms with Crippen LogP contribution in [0.5, 0.6) is 0 Å². The summed E-state index contributed by atoms with van der Waals surface area (Å²) in [5, 5.41) is 12.5. The Morgan fingerprint density at radius 1 is 1.20 bits per heavy atom. The van der Waals surface area contributed by atoms with Crippen LogP contribution in [0.2, 0.25) is 0 Å². The van der Waals surface area contributed by atoms with Gasteiger partial charge in [-0.3, -0.25) is 9.59 Å². The van der Waals surface area contributed by atoms with Crippen molar-refractivity contribution in [3.63, 3.8) is 0 Å². The topological polar surface area (TPSA) is 69.6 Å². The Hall–Kier alpha value is -1.10. The molecule has 0 aromatic rings. The molecule has 114 valence electrons. The van der Waals surface area contributed by atoms with Crippen LogP contribution >= 0.6 is 0 Å². The Bertz CT molecular complexity index is 351. The third-order valence-electron chi connectivity index (χ3n) is 4.72. The third-order valence-corrected chi connectivity index (χ3v) is 4.72. The van der Waals surface area contributed by atoms with Crippen LogP contribution in [0.4, 0.5) is 0 Å². The van der Waals surface area contributed by atoms with Crippen molar-refractivity contribution in [1.82, 2.24) is 10.2 Å². The number of carboxylic acid groups (broad SMARTS) is 1.